The van der Waals surface area contributed by atoms with Crippen molar-refractivity contribution < 1.29 is 42.7 Å². The topological polar surface area (TPSA) is 122 Å². The molecule has 0 amide bonds. The van der Waals surface area contributed by atoms with Crippen molar-refractivity contribution in [1.82, 2.24) is 0 Å². The smallest absolute Gasteiger partial charge is 0.744 e. The Kier molecular flexibility index (Phi) is 5.66. The zero-order valence-corrected chi connectivity index (χ0v) is 18.8. The number of rotatable bonds is 3. The molecule has 0 aliphatic heterocycles. The quantitative estimate of drug-likeness (QED) is 0.261. The van der Waals surface area contributed by atoms with E-state index in [0.717, 1.165) is 11.5 Å². The van der Waals surface area contributed by atoms with E-state index < -0.39 is 20.8 Å². The van der Waals surface area contributed by atoms with Crippen LogP contribution < -0.4 is 0 Å². The first-order valence-corrected chi connectivity index (χ1v) is 9.60. The van der Waals surface area contributed by atoms with Gasteiger partial charge >= 0.3 is 19.5 Å². The average molecular weight is 459 g/mol. The first kappa shape index (κ1) is 20.9. The standard InChI is InChI=1S/C20H14N2O5S.Zn/c23-16-10-9-12-5-1-2-6-13(12)19(16)21-22-20-15-8-4-3-7-14(15)18(11-17(20)24)28(25,26)27;/h1-11,23-24H,(H,25,26,27);/q;+2/p-1. The number of aromatic hydroxyl groups is 2. The summed E-state index contributed by atoms with van der Waals surface area (Å²) in [6.45, 7) is 0. The summed E-state index contributed by atoms with van der Waals surface area (Å²) in [4.78, 5) is -0.535. The second-order valence-electron chi connectivity index (χ2n) is 6.10. The van der Waals surface area contributed by atoms with Gasteiger partial charge in [-0.15, -0.1) is 10.2 Å². The van der Waals surface area contributed by atoms with Crippen LogP contribution in [0.3, 0.4) is 0 Å². The first-order chi connectivity index (χ1) is 13.4. The molecule has 0 atom stereocenters. The Hall–Kier alpha value is -2.87. The summed E-state index contributed by atoms with van der Waals surface area (Å²) in [7, 11) is -4.79. The summed E-state index contributed by atoms with van der Waals surface area (Å²) in [6.07, 6.45) is 0. The van der Waals surface area contributed by atoms with Gasteiger partial charge in [0.2, 0.25) is 0 Å². The Morgan fingerprint density at radius 3 is 1.93 bits per heavy atom. The van der Waals surface area contributed by atoms with Gasteiger partial charge in [-0.3, -0.25) is 0 Å². The third-order valence-electron chi connectivity index (χ3n) is 4.36. The molecular weight excluding hydrogens is 446 g/mol. The van der Waals surface area contributed by atoms with Gasteiger partial charge in [0.25, 0.3) is 0 Å². The molecule has 4 aromatic carbocycles. The summed E-state index contributed by atoms with van der Waals surface area (Å²) < 4.78 is 34.6. The molecule has 9 heteroatoms. The maximum atomic E-state index is 11.5. The van der Waals surface area contributed by atoms with Crippen molar-refractivity contribution in [2.75, 3.05) is 0 Å². The second-order valence-corrected chi connectivity index (χ2v) is 7.44. The minimum atomic E-state index is -4.79. The molecule has 0 aromatic heterocycles. The molecule has 0 spiro atoms. The van der Waals surface area contributed by atoms with Gasteiger partial charge in [0, 0.05) is 22.2 Å². The SMILES string of the molecule is O=S(=O)([O-])c1cc(O)c(N=Nc2c(O)ccc3ccccc23)c2ccccc12.[Zn+2]. The van der Waals surface area contributed by atoms with E-state index in [2.05, 4.69) is 10.2 Å². The fourth-order valence-corrected chi connectivity index (χ4v) is 3.78. The number of nitrogens with zero attached hydrogens (tertiary/aromatic N) is 2. The van der Waals surface area contributed by atoms with Crippen LogP contribution in [0.2, 0.25) is 0 Å². The van der Waals surface area contributed by atoms with Crippen LogP contribution in [-0.4, -0.2) is 23.2 Å². The molecule has 2 N–H and O–H groups in total. The van der Waals surface area contributed by atoms with Crippen molar-refractivity contribution in [3.05, 3.63) is 66.7 Å². The van der Waals surface area contributed by atoms with E-state index in [-0.39, 0.29) is 47.4 Å². The Bertz CT molecular complexity index is 1370. The third kappa shape index (κ3) is 3.85. The van der Waals surface area contributed by atoms with E-state index in [1.807, 2.05) is 12.1 Å². The van der Waals surface area contributed by atoms with Crippen molar-refractivity contribution in [1.29, 1.82) is 0 Å². The van der Waals surface area contributed by atoms with Gasteiger partial charge in [0.15, 0.2) is 0 Å². The monoisotopic (exact) mass is 457 g/mol. The van der Waals surface area contributed by atoms with Crippen LogP contribution in [0.15, 0.2) is 81.9 Å². The maximum absolute atomic E-state index is 11.5. The third-order valence-corrected chi connectivity index (χ3v) is 5.23. The summed E-state index contributed by atoms with van der Waals surface area (Å²) in [5.41, 5.74) is 0.206. The van der Waals surface area contributed by atoms with E-state index in [9.17, 15) is 23.2 Å². The predicted molar refractivity (Wildman–Crippen MR) is 103 cm³/mol. The fourth-order valence-electron chi connectivity index (χ4n) is 3.07. The first-order valence-electron chi connectivity index (χ1n) is 8.19. The molecule has 0 bridgehead atoms. The Labute approximate surface area is 178 Å². The van der Waals surface area contributed by atoms with Crippen LogP contribution in [0.1, 0.15) is 0 Å². The van der Waals surface area contributed by atoms with E-state index in [0.29, 0.717) is 5.39 Å². The van der Waals surface area contributed by atoms with Crippen molar-refractivity contribution in [2.24, 2.45) is 10.2 Å². The van der Waals surface area contributed by atoms with Gasteiger partial charge in [-0.1, -0.05) is 54.6 Å². The van der Waals surface area contributed by atoms with Gasteiger partial charge in [0.05, 0.1) is 4.90 Å². The largest absolute Gasteiger partial charge is 2.00 e. The van der Waals surface area contributed by atoms with Crippen LogP contribution in [0, 0.1) is 0 Å². The molecule has 0 saturated heterocycles. The predicted octanol–water partition coefficient (Wildman–Crippen LogP) is 4.72. The molecule has 140 valence electrons. The molecule has 0 radical (unpaired) electrons. The number of hydrogen-bond donors (Lipinski definition) is 2. The second kappa shape index (κ2) is 7.87. The Balaban J connectivity index is 0.00000240. The minimum Gasteiger partial charge on any atom is -0.744 e. The molecule has 7 nitrogen and oxygen atoms in total. The average Bonchev–Trinajstić information content (AvgIpc) is 2.67. The van der Waals surface area contributed by atoms with Crippen molar-refractivity contribution in [2.45, 2.75) is 4.90 Å². The molecule has 0 saturated carbocycles. The van der Waals surface area contributed by atoms with Gasteiger partial charge in [0.1, 0.15) is 33.0 Å². The van der Waals surface area contributed by atoms with Gasteiger partial charge in [-0.25, -0.2) is 8.42 Å². The van der Waals surface area contributed by atoms with Crippen LogP contribution in [0.25, 0.3) is 21.5 Å². The van der Waals surface area contributed by atoms with Gasteiger partial charge in [-0.2, -0.15) is 0 Å². The Morgan fingerprint density at radius 2 is 1.28 bits per heavy atom. The minimum absolute atomic E-state index is 0. The molecule has 0 aliphatic carbocycles. The summed E-state index contributed by atoms with van der Waals surface area (Å²) in [5, 5.41) is 30.5. The number of benzene rings is 4. The van der Waals surface area contributed by atoms with E-state index in [1.54, 1.807) is 30.3 Å². The summed E-state index contributed by atoms with van der Waals surface area (Å²) >= 11 is 0. The fraction of sp³-hybridized carbons (Fsp3) is 0. The molecule has 29 heavy (non-hydrogen) atoms. The van der Waals surface area contributed by atoms with E-state index in [4.69, 9.17) is 0 Å². The number of hydrogen-bond acceptors (Lipinski definition) is 7. The molecule has 0 heterocycles. The van der Waals surface area contributed by atoms with E-state index >= 15 is 0 Å². The number of azo groups is 1. The number of phenolic OH excluding ortho intramolecular Hbond substituents is 2. The molecule has 0 fully saturated rings. The maximum Gasteiger partial charge on any atom is 2.00 e. The molecular formula is C20H13N2O5SZn+. The van der Waals surface area contributed by atoms with Crippen LogP contribution >= 0.6 is 0 Å². The van der Waals surface area contributed by atoms with Crippen LogP contribution in [-0.2, 0) is 29.6 Å². The van der Waals surface area contributed by atoms with Crippen molar-refractivity contribution in [3.63, 3.8) is 0 Å². The molecule has 0 unspecified atom stereocenters. The Morgan fingerprint density at radius 1 is 0.724 bits per heavy atom. The van der Waals surface area contributed by atoms with Crippen LogP contribution in [0.5, 0.6) is 11.5 Å². The molecule has 0 aliphatic rings. The summed E-state index contributed by atoms with van der Waals surface area (Å²) in [5.74, 6) is -0.596. The summed E-state index contributed by atoms with van der Waals surface area (Å²) in [6, 6.07) is 17.5. The van der Waals surface area contributed by atoms with Gasteiger partial charge in [-0.05, 0) is 11.5 Å². The normalized spacial score (nSPS) is 11.8. The van der Waals surface area contributed by atoms with Gasteiger partial charge < -0.3 is 14.8 Å². The van der Waals surface area contributed by atoms with Crippen molar-refractivity contribution in [3.8, 4) is 11.5 Å². The zero-order chi connectivity index (χ0) is 19.9. The molecule has 4 rings (SSSR count). The van der Waals surface area contributed by atoms with E-state index in [1.165, 1.54) is 18.2 Å². The molecule has 4 aromatic rings. The zero-order valence-electron chi connectivity index (χ0n) is 15.0. The van der Waals surface area contributed by atoms with Crippen LogP contribution in [0.4, 0.5) is 11.4 Å². The number of fused-ring (bicyclic) bond motifs is 2. The number of phenols is 2. The van der Waals surface area contributed by atoms with Crippen molar-refractivity contribution >= 4 is 43.0 Å².